The highest BCUT2D eigenvalue weighted by Crippen LogP contribution is 2.11. The normalized spacial score (nSPS) is 10.2. The van der Waals surface area contributed by atoms with E-state index >= 15 is 0 Å². The Morgan fingerprint density at radius 3 is 2.82 bits per heavy atom. The number of anilines is 1. The smallest absolute Gasteiger partial charge is 0.101 e. The van der Waals surface area contributed by atoms with E-state index in [2.05, 4.69) is 35.1 Å². The molecule has 1 heterocycles. The van der Waals surface area contributed by atoms with Crippen LogP contribution in [0.15, 0.2) is 18.5 Å². The minimum atomic E-state index is 0.655. The van der Waals surface area contributed by atoms with Crippen molar-refractivity contribution in [2.24, 2.45) is 0 Å². The van der Waals surface area contributed by atoms with E-state index in [4.69, 9.17) is 5.26 Å². The molecule has 17 heavy (non-hydrogen) atoms. The molecule has 0 radical (unpaired) electrons. The standard InChI is InChI=1S/C13H20N4/c1-3-17(4-2)9-5-7-16-13-11-15-8-6-12(13)10-14/h6,8,11,16H,3-5,7,9H2,1-2H3. The zero-order chi connectivity index (χ0) is 12.5. The number of hydrogen-bond donors (Lipinski definition) is 1. The Morgan fingerprint density at radius 1 is 1.41 bits per heavy atom. The number of nitrogens with zero attached hydrogens (tertiary/aromatic N) is 3. The summed E-state index contributed by atoms with van der Waals surface area (Å²) in [6.45, 7) is 8.48. The van der Waals surface area contributed by atoms with Crippen LogP contribution in [0.2, 0.25) is 0 Å². The minimum absolute atomic E-state index is 0.655. The first-order valence-electron chi connectivity index (χ1n) is 6.12. The molecule has 1 N–H and O–H groups in total. The van der Waals surface area contributed by atoms with Crippen molar-refractivity contribution >= 4 is 5.69 Å². The van der Waals surface area contributed by atoms with Gasteiger partial charge < -0.3 is 10.2 Å². The lowest BCUT2D eigenvalue weighted by Gasteiger charge is -2.18. The minimum Gasteiger partial charge on any atom is -0.383 e. The van der Waals surface area contributed by atoms with Gasteiger partial charge in [0.1, 0.15) is 6.07 Å². The zero-order valence-corrected chi connectivity index (χ0v) is 10.6. The maximum atomic E-state index is 8.91. The van der Waals surface area contributed by atoms with E-state index in [1.165, 1.54) is 0 Å². The number of nitriles is 1. The van der Waals surface area contributed by atoms with Gasteiger partial charge in [0.25, 0.3) is 0 Å². The van der Waals surface area contributed by atoms with Gasteiger partial charge in [0, 0.05) is 12.7 Å². The Labute approximate surface area is 103 Å². The van der Waals surface area contributed by atoms with Gasteiger partial charge >= 0.3 is 0 Å². The van der Waals surface area contributed by atoms with Gasteiger partial charge in [0.15, 0.2) is 0 Å². The van der Waals surface area contributed by atoms with Crippen molar-refractivity contribution in [3.05, 3.63) is 24.0 Å². The second-order valence-corrected chi connectivity index (χ2v) is 3.84. The van der Waals surface area contributed by atoms with Gasteiger partial charge in [-0.25, -0.2) is 0 Å². The molecule has 0 fully saturated rings. The van der Waals surface area contributed by atoms with E-state index in [1.807, 2.05) is 0 Å². The topological polar surface area (TPSA) is 52.0 Å². The van der Waals surface area contributed by atoms with E-state index in [0.717, 1.165) is 38.3 Å². The fraction of sp³-hybridized carbons (Fsp3) is 0.538. The predicted octanol–water partition coefficient (Wildman–Crippen LogP) is 2.10. The van der Waals surface area contributed by atoms with Gasteiger partial charge in [0.05, 0.1) is 17.4 Å². The van der Waals surface area contributed by atoms with Crippen LogP contribution in [-0.2, 0) is 0 Å². The largest absolute Gasteiger partial charge is 0.383 e. The second-order valence-electron chi connectivity index (χ2n) is 3.84. The number of pyridine rings is 1. The summed E-state index contributed by atoms with van der Waals surface area (Å²) in [4.78, 5) is 6.40. The van der Waals surface area contributed by atoms with Crippen LogP contribution < -0.4 is 5.32 Å². The number of rotatable bonds is 7. The highest BCUT2D eigenvalue weighted by Gasteiger charge is 2.01. The van der Waals surface area contributed by atoms with E-state index in [1.54, 1.807) is 18.5 Å². The van der Waals surface area contributed by atoms with Gasteiger partial charge in [-0.1, -0.05) is 13.8 Å². The van der Waals surface area contributed by atoms with Crippen molar-refractivity contribution in [3.8, 4) is 6.07 Å². The van der Waals surface area contributed by atoms with Crippen LogP contribution in [-0.4, -0.2) is 36.1 Å². The molecule has 4 nitrogen and oxygen atoms in total. The third kappa shape index (κ3) is 4.41. The molecule has 1 rings (SSSR count). The zero-order valence-electron chi connectivity index (χ0n) is 10.6. The van der Waals surface area contributed by atoms with Crippen LogP contribution in [0.4, 0.5) is 5.69 Å². The molecule has 0 aromatic carbocycles. The van der Waals surface area contributed by atoms with E-state index in [-0.39, 0.29) is 0 Å². The molecule has 0 saturated heterocycles. The highest BCUT2D eigenvalue weighted by molar-refractivity contribution is 5.55. The lowest BCUT2D eigenvalue weighted by Crippen LogP contribution is -2.25. The maximum absolute atomic E-state index is 8.91. The van der Waals surface area contributed by atoms with E-state index < -0.39 is 0 Å². The molecule has 0 saturated carbocycles. The van der Waals surface area contributed by atoms with Crippen molar-refractivity contribution in [2.75, 3.05) is 31.5 Å². The van der Waals surface area contributed by atoms with E-state index in [9.17, 15) is 0 Å². The molecule has 1 aromatic heterocycles. The molecule has 0 unspecified atom stereocenters. The first kappa shape index (κ1) is 13.5. The number of aromatic nitrogens is 1. The van der Waals surface area contributed by atoms with Crippen LogP contribution in [0, 0.1) is 11.3 Å². The Bertz CT molecular complexity index is 366. The maximum Gasteiger partial charge on any atom is 0.101 e. The SMILES string of the molecule is CCN(CC)CCCNc1cnccc1C#N. The highest BCUT2D eigenvalue weighted by atomic mass is 15.1. The van der Waals surface area contributed by atoms with Gasteiger partial charge in [-0.05, 0) is 32.1 Å². The summed E-state index contributed by atoms with van der Waals surface area (Å²) in [5, 5.41) is 12.2. The molecule has 0 spiro atoms. The van der Waals surface area contributed by atoms with Crippen molar-refractivity contribution in [3.63, 3.8) is 0 Å². The average Bonchev–Trinajstić information content (AvgIpc) is 2.39. The molecule has 0 atom stereocenters. The van der Waals surface area contributed by atoms with Crippen molar-refractivity contribution < 1.29 is 0 Å². The van der Waals surface area contributed by atoms with Gasteiger partial charge in [-0.3, -0.25) is 4.98 Å². The first-order chi connectivity index (χ1) is 8.31. The van der Waals surface area contributed by atoms with Gasteiger partial charge in [-0.2, -0.15) is 5.26 Å². The van der Waals surface area contributed by atoms with Crippen LogP contribution in [0.3, 0.4) is 0 Å². The van der Waals surface area contributed by atoms with Gasteiger partial charge in [-0.15, -0.1) is 0 Å². The Hall–Kier alpha value is -1.60. The van der Waals surface area contributed by atoms with Crippen LogP contribution in [0.25, 0.3) is 0 Å². The summed E-state index contributed by atoms with van der Waals surface area (Å²) in [6, 6.07) is 3.88. The summed E-state index contributed by atoms with van der Waals surface area (Å²) in [6.07, 6.45) is 4.41. The third-order valence-corrected chi connectivity index (χ3v) is 2.80. The summed E-state index contributed by atoms with van der Waals surface area (Å²) in [7, 11) is 0. The van der Waals surface area contributed by atoms with Crippen LogP contribution in [0.1, 0.15) is 25.8 Å². The number of hydrogen-bond acceptors (Lipinski definition) is 4. The van der Waals surface area contributed by atoms with Crippen molar-refractivity contribution in [1.82, 2.24) is 9.88 Å². The molecule has 0 aliphatic rings. The molecule has 0 amide bonds. The first-order valence-corrected chi connectivity index (χ1v) is 6.12. The molecule has 92 valence electrons. The molecule has 4 heteroatoms. The van der Waals surface area contributed by atoms with Crippen molar-refractivity contribution in [2.45, 2.75) is 20.3 Å². The Kier molecular flexibility index (Phi) is 6.05. The monoisotopic (exact) mass is 232 g/mol. The lowest BCUT2D eigenvalue weighted by molar-refractivity contribution is 0.303. The Morgan fingerprint density at radius 2 is 2.18 bits per heavy atom. The lowest BCUT2D eigenvalue weighted by atomic mass is 10.2. The molecule has 0 aliphatic carbocycles. The fourth-order valence-electron chi connectivity index (χ4n) is 1.70. The van der Waals surface area contributed by atoms with Crippen LogP contribution in [0.5, 0.6) is 0 Å². The number of nitrogens with one attached hydrogen (secondary N) is 1. The van der Waals surface area contributed by atoms with Gasteiger partial charge in [0.2, 0.25) is 0 Å². The predicted molar refractivity (Wildman–Crippen MR) is 69.8 cm³/mol. The molecule has 0 aliphatic heterocycles. The third-order valence-electron chi connectivity index (χ3n) is 2.80. The van der Waals surface area contributed by atoms with Crippen molar-refractivity contribution in [1.29, 1.82) is 5.26 Å². The molecule has 0 bridgehead atoms. The fourth-order valence-corrected chi connectivity index (χ4v) is 1.70. The average molecular weight is 232 g/mol. The summed E-state index contributed by atoms with van der Waals surface area (Å²) < 4.78 is 0. The Balaban J connectivity index is 2.34. The summed E-state index contributed by atoms with van der Waals surface area (Å²) in [5.74, 6) is 0. The van der Waals surface area contributed by atoms with Crippen LogP contribution >= 0.6 is 0 Å². The molecular formula is C13H20N4. The summed E-state index contributed by atoms with van der Waals surface area (Å²) in [5.41, 5.74) is 1.48. The quantitative estimate of drug-likeness (QED) is 0.731. The molecular weight excluding hydrogens is 212 g/mol. The summed E-state index contributed by atoms with van der Waals surface area (Å²) >= 11 is 0. The van der Waals surface area contributed by atoms with E-state index in [0.29, 0.717) is 5.56 Å². The molecule has 1 aromatic rings. The second kappa shape index (κ2) is 7.64.